The topological polar surface area (TPSA) is 68.1 Å². The third-order valence-electron chi connectivity index (χ3n) is 5.15. The zero-order valence-electron chi connectivity index (χ0n) is 15.6. The molecule has 2 heterocycles. The third kappa shape index (κ3) is 2.83. The van der Waals surface area contributed by atoms with E-state index in [4.69, 9.17) is 10.5 Å². The fraction of sp³-hybridized carbons (Fsp3) is 0.227. The predicted octanol–water partition coefficient (Wildman–Crippen LogP) is 5.14. The normalized spacial score (nSPS) is 12.6. The molecular formula is C22H22N2O2S. The summed E-state index contributed by atoms with van der Waals surface area (Å²) in [6, 6.07) is 12.4. The van der Waals surface area contributed by atoms with Crippen molar-refractivity contribution < 1.29 is 4.74 Å². The summed E-state index contributed by atoms with van der Waals surface area (Å²) < 4.78 is 6.47. The van der Waals surface area contributed by atoms with E-state index in [0.29, 0.717) is 0 Å². The van der Waals surface area contributed by atoms with Crippen molar-refractivity contribution in [1.29, 1.82) is 0 Å². The number of rotatable bonds is 4. The molecular weight excluding hydrogens is 356 g/mol. The highest BCUT2D eigenvalue weighted by atomic mass is 32.1. The fourth-order valence-electron chi connectivity index (χ4n) is 3.65. The zero-order chi connectivity index (χ0) is 19.1. The van der Waals surface area contributed by atoms with Crippen molar-refractivity contribution in [3.63, 3.8) is 0 Å². The van der Waals surface area contributed by atoms with Crippen LogP contribution in [0.25, 0.3) is 32.1 Å². The monoisotopic (exact) mass is 378 g/mol. The highest BCUT2D eigenvalue weighted by molar-refractivity contribution is 7.17. The van der Waals surface area contributed by atoms with Crippen LogP contribution in [0.2, 0.25) is 0 Å². The number of aryl methyl sites for hydroxylation is 1. The number of nitrogens with two attached hydrogens (primary N) is 1. The second-order valence-corrected chi connectivity index (χ2v) is 7.69. The van der Waals surface area contributed by atoms with E-state index >= 15 is 0 Å². The number of pyridine rings is 1. The molecule has 4 aromatic rings. The molecule has 0 aliphatic carbocycles. The van der Waals surface area contributed by atoms with Crippen LogP contribution in [0.3, 0.4) is 0 Å². The number of hydrogen-bond donors (Lipinski definition) is 2. The van der Waals surface area contributed by atoms with E-state index in [1.807, 2.05) is 24.4 Å². The SMILES string of the molecule is CCC(N)c1ccc(-c2c(OC)cc(C)c3[nH]c(=O)c4sccc4c23)cc1. The molecule has 0 aliphatic heterocycles. The Labute approximate surface area is 161 Å². The van der Waals surface area contributed by atoms with Gasteiger partial charge in [-0.1, -0.05) is 31.2 Å². The van der Waals surface area contributed by atoms with Gasteiger partial charge in [-0.2, -0.15) is 0 Å². The Morgan fingerprint density at radius 3 is 2.63 bits per heavy atom. The first-order valence-electron chi connectivity index (χ1n) is 9.01. The number of fused-ring (bicyclic) bond motifs is 3. The van der Waals surface area contributed by atoms with Gasteiger partial charge in [0.1, 0.15) is 10.4 Å². The molecule has 3 N–H and O–H groups in total. The predicted molar refractivity (Wildman–Crippen MR) is 114 cm³/mol. The fourth-order valence-corrected chi connectivity index (χ4v) is 4.44. The Morgan fingerprint density at radius 1 is 1.22 bits per heavy atom. The second kappa shape index (κ2) is 6.83. The average Bonchev–Trinajstić information content (AvgIpc) is 3.18. The van der Waals surface area contributed by atoms with Crippen molar-refractivity contribution in [2.45, 2.75) is 26.3 Å². The molecule has 0 bridgehead atoms. The molecule has 0 spiro atoms. The number of methoxy groups -OCH3 is 1. The van der Waals surface area contributed by atoms with Crippen LogP contribution in [0.4, 0.5) is 0 Å². The van der Waals surface area contributed by atoms with E-state index < -0.39 is 0 Å². The van der Waals surface area contributed by atoms with E-state index in [1.165, 1.54) is 11.3 Å². The maximum Gasteiger partial charge on any atom is 0.266 e. The first kappa shape index (κ1) is 17.8. The summed E-state index contributed by atoms with van der Waals surface area (Å²) in [6.07, 6.45) is 0.896. The van der Waals surface area contributed by atoms with Crippen molar-refractivity contribution in [1.82, 2.24) is 4.98 Å². The van der Waals surface area contributed by atoms with Crippen LogP contribution < -0.4 is 16.0 Å². The van der Waals surface area contributed by atoms with Gasteiger partial charge in [0.15, 0.2) is 0 Å². The van der Waals surface area contributed by atoms with Crippen molar-refractivity contribution in [3.05, 3.63) is 63.3 Å². The van der Waals surface area contributed by atoms with Crippen molar-refractivity contribution in [2.75, 3.05) is 7.11 Å². The van der Waals surface area contributed by atoms with Gasteiger partial charge >= 0.3 is 0 Å². The van der Waals surface area contributed by atoms with Gasteiger partial charge in [-0.3, -0.25) is 4.79 Å². The van der Waals surface area contributed by atoms with Gasteiger partial charge in [0.2, 0.25) is 0 Å². The Hall–Kier alpha value is -2.63. The first-order chi connectivity index (χ1) is 13.0. The molecule has 0 radical (unpaired) electrons. The Kier molecular flexibility index (Phi) is 4.50. The summed E-state index contributed by atoms with van der Waals surface area (Å²) in [5, 5.41) is 3.95. The molecule has 0 fully saturated rings. The van der Waals surface area contributed by atoms with Gasteiger partial charge in [0.05, 0.1) is 12.6 Å². The van der Waals surface area contributed by atoms with Crippen molar-refractivity contribution in [2.24, 2.45) is 5.73 Å². The number of nitrogens with one attached hydrogen (secondary N) is 1. The first-order valence-corrected chi connectivity index (χ1v) is 9.89. The van der Waals surface area contributed by atoms with Crippen LogP contribution in [0, 0.1) is 6.92 Å². The number of aromatic amines is 1. The Balaban J connectivity index is 2.08. The van der Waals surface area contributed by atoms with Gasteiger partial charge in [-0.25, -0.2) is 0 Å². The van der Waals surface area contributed by atoms with Crippen LogP contribution in [-0.2, 0) is 0 Å². The molecule has 0 amide bonds. The lowest BCUT2D eigenvalue weighted by Gasteiger charge is -2.16. The molecule has 1 unspecified atom stereocenters. The standard InChI is InChI=1S/C22H22N2O2S/c1-4-16(23)13-5-7-14(8-6-13)18-17(26-3)11-12(2)20-19(18)15-9-10-27-21(15)22(25)24-20/h5-11,16H,4,23H2,1-3H3,(H,24,25). The number of hydrogen-bond acceptors (Lipinski definition) is 4. The van der Waals surface area contributed by atoms with Crippen LogP contribution in [0.1, 0.15) is 30.5 Å². The van der Waals surface area contributed by atoms with Crippen LogP contribution in [0.15, 0.2) is 46.6 Å². The lowest BCUT2D eigenvalue weighted by atomic mass is 9.93. The number of thiophene rings is 1. The molecule has 5 heteroatoms. The minimum atomic E-state index is -0.0454. The van der Waals surface area contributed by atoms with Gasteiger partial charge in [0, 0.05) is 22.4 Å². The van der Waals surface area contributed by atoms with Gasteiger partial charge in [-0.05, 0) is 47.5 Å². The summed E-state index contributed by atoms with van der Waals surface area (Å²) in [5.41, 5.74) is 11.1. The summed E-state index contributed by atoms with van der Waals surface area (Å²) in [4.78, 5) is 15.5. The molecule has 1 atom stereocenters. The van der Waals surface area contributed by atoms with E-state index in [0.717, 1.165) is 55.4 Å². The lowest BCUT2D eigenvalue weighted by Crippen LogP contribution is -2.08. The van der Waals surface area contributed by atoms with E-state index in [-0.39, 0.29) is 11.6 Å². The Bertz CT molecular complexity index is 1190. The maximum absolute atomic E-state index is 12.5. The number of benzene rings is 2. The van der Waals surface area contributed by atoms with Crippen LogP contribution in [0.5, 0.6) is 5.75 Å². The second-order valence-electron chi connectivity index (χ2n) is 6.77. The van der Waals surface area contributed by atoms with E-state index in [1.54, 1.807) is 7.11 Å². The third-order valence-corrected chi connectivity index (χ3v) is 6.07. The molecule has 138 valence electrons. The number of aromatic nitrogens is 1. The lowest BCUT2D eigenvalue weighted by molar-refractivity contribution is 0.416. The summed E-state index contributed by atoms with van der Waals surface area (Å²) >= 11 is 1.46. The highest BCUT2D eigenvalue weighted by Gasteiger charge is 2.18. The minimum Gasteiger partial charge on any atom is -0.496 e. The maximum atomic E-state index is 12.5. The summed E-state index contributed by atoms with van der Waals surface area (Å²) in [7, 11) is 1.68. The van der Waals surface area contributed by atoms with Gasteiger partial charge < -0.3 is 15.5 Å². The van der Waals surface area contributed by atoms with Crippen LogP contribution >= 0.6 is 11.3 Å². The highest BCUT2D eigenvalue weighted by Crippen LogP contribution is 2.41. The quantitative estimate of drug-likeness (QED) is 0.517. The molecule has 27 heavy (non-hydrogen) atoms. The molecule has 4 nitrogen and oxygen atoms in total. The summed E-state index contributed by atoms with van der Waals surface area (Å²) in [6.45, 7) is 4.07. The smallest absolute Gasteiger partial charge is 0.266 e. The molecule has 2 aromatic heterocycles. The Morgan fingerprint density at radius 2 is 1.96 bits per heavy atom. The molecule has 2 aromatic carbocycles. The summed E-state index contributed by atoms with van der Waals surface area (Å²) in [5.74, 6) is 0.798. The minimum absolute atomic E-state index is 0.0376. The number of H-pyrrole nitrogens is 1. The van der Waals surface area contributed by atoms with Crippen molar-refractivity contribution in [3.8, 4) is 16.9 Å². The average molecular weight is 378 g/mol. The zero-order valence-corrected chi connectivity index (χ0v) is 16.4. The van der Waals surface area contributed by atoms with Crippen LogP contribution in [-0.4, -0.2) is 12.1 Å². The largest absolute Gasteiger partial charge is 0.496 e. The molecule has 0 saturated heterocycles. The number of ether oxygens (including phenoxy) is 1. The van der Waals surface area contributed by atoms with Crippen molar-refractivity contribution >= 4 is 32.3 Å². The molecule has 4 rings (SSSR count). The van der Waals surface area contributed by atoms with Gasteiger partial charge in [-0.15, -0.1) is 11.3 Å². The van der Waals surface area contributed by atoms with Gasteiger partial charge in [0.25, 0.3) is 5.56 Å². The van der Waals surface area contributed by atoms with E-state index in [2.05, 4.69) is 36.2 Å². The molecule has 0 saturated carbocycles. The van der Waals surface area contributed by atoms with E-state index in [9.17, 15) is 4.79 Å². The molecule has 0 aliphatic rings.